The van der Waals surface area contributed by atoms with Crippen molar-refractivity contribution in [1.82, 2.24) is 4.90 Å². The van der Waals surface area contributed by atoms with Crippen LogP contribution in [0.2, 0.25) is 0 Å². The van der Waals surface area contributed by atoms with E-state index in [-0.39, 0.29) is 5.91 Å². The van der Waals surface area contributed by atoms with Gasteiger partial charge in [-0.2, -0.15) is 0 Å². The molecule has 0 N–H and O–H groups in total. The van der Waals surface area contributed by atoms with Crippen LogP contribution in [-0.4, -0.2) is 31.0 Å². The number of furan rings is 1. The van der Waals surface area contributed by atoms with Crippen molar-refractivity contribution in [3.63, 3.8) is 0 Å². The minimum Gasteiger partial charge on any atom is -0.468 e. The molecule has 1 amide bonds. The van der Waals surface area contributed by atoms with Crippen LogP contribution in [0.25, 0.3) is 0 Å². The fourth-order valence-electron chi connectivity index (χ4n) is 2.88. The minimum absolute atomic E-state index is 0.0206. The number of hydrogen-bond acceptors (Lipinski definition) is 3. The van der Waals surface area contributed by atoms with Crippen molar-refractivity contribution in [3.8, 4) is 5.95 Å². The number of methoxy groups -OCH3 is 1. The molecule has 2 heterocycles. The average molecular weight is 247 g/mol. The lowest BCUT2D eigenvalue weighted by Gasteiger charge is -2.17. The third kappa shape index (κ3) is 1.92. The van der Waals surface area contributed by atoms with E-state index in [0.29, 0.717) is 23.5 Å². The van der Waals surface area contributed by atoms with E-state index in [1.807, 2.05) is 4.90 Å². The number of carbonyl (C=O) groups is 1. The number of fused-ring (bicyclic) bond motifs is 1. The Morgan fingerprint density at radius 2 is 1.94 bits per heavy atom. The number of allylic oxidation sites excluding steroid dienone is 2. The van der Waals surface area contributed by atoms with Gasteiger partial charge < -0.3 is 14.1 Å². The van der Waals surface area contributed by atoms with Crippen molar-refractivity contribution >= 4 is 5.91 Å². The first-order valence-electron chi connectivity index (χ1n) is 6.36. The molecule has 1 saturated heterocycles. The summed E-state index contributed by atoms with van der Waals surface area (Å²) in [7, 11) is 1.53. The van der Waals surface area contributed by atoms with Crippen LogP contribution in [0.15, 0.2) is 28.7 Å². The zero-order valence-electron chi connectivity index (χ0n) is 10.5. The summed E-state index contributed by atoms with van der Waals surface area (Å²) >= 11 is 0. The SMILES string of the molecule is COc1ccc(C(=O)N2C[C@H]3CC=CC[C@H]3C2)o1. The van der Waals surface area contributed by atoms with Crippen molar-refractivity contribution in [2.45, 2.75) is 12.8 Å². The number of ether oxygens (including phenoxy) is 1. The molecule has 0 bridgehead atoms. The molecule has 4 heteroatoms. The van der Waals surface area contributed by atoms with Crippen molar-refractivity contribution in [1.29, 1.82) is 0 Å². The van der Waals surface area contributed by atoms with Gasteiger partial charge in [0.2, 0.25) is 0 Å². The number of nitrogens with zero attached hydrogens (tertiary/aromatic N) is 1. The van der Waals surface area contributed by atoms with Crippen molar-refractivity contribution in [2.75, 3.05) is 20.2 Å². The molecule has 1 aromatic heterocycles. The van der Waals surface area contributed by atoms with E-state index < -0.39 is 0 Å². The molecule has 2 atom stereocenters. The molecule has 1 fully saturated rings. The maximum atomic E-state index is 12.3. The summed E-state index contributed by atoms with van der Waals surface area (Å²) in [4.78, 5) is 14.2. The van der Waals surface area contributed by atoms with Crippen molar-refractivity contribution < 1.29 is 13.9 Å². The Morgan fingerprint density at radius 1 is 1.28 bits per heavy atom. The number of rotatable bonds is 2. The maximum absolute atomic E-state index is 12.3. The zero-order valence-corrected chi connectivity index (χ0v) is 10.5. The second-order valence-corrected chi connectivity index (χ2v) is 5.00. The third-order valence-corrected chi connectivity index (χ3v) is 3.90. The number of carbonyl (C=O) groups excluding carboxylic acids is 1. The smallest absolute Gasteiger partial charge is 0.289 e. The molecule has 0 radical (unpaired) electrons. The van der Waals surface area contributed by atoms with Gasteiger partial charge in [-0.05, 0) is 30.7 Å². The maximum Gasteiger partial charge on any atom is 0.289 e. The van der Waals surface area contributed by atoms with Gasteiger partial charge in [-0.3, -0.25) is 4.79 Å². The molecule has 1 aromatic rings. The largest absolute Gasteiger partial charge is 0.468 e. The predicted molar refractivity (Wildman–Crippen MR) is 66.5 cm³/mol. The van der Waals surface area contributed by atoms with Gasteiger partial charge >= 0.3 is 0 Å². The fourth-order valence-corrected chi connectivity index (χ4v) is 2.88. The molecule has 3 rings (SSSR count). The molecule has 96 valence electrons. The van der Waals surface area contributed by atoms with Crippen molar-refractivity contribution in [2.24, 2.45) is 11.8 Å². The van der Waals surface area contributed by atoms with Crippen LogP contribution in [0, 0.1) is 11.8 Å². The second-order valence-electron chi connectivity index (χ2n) is 5.00. The average Bonchev–Trinajstić information content (AvgIpc) is 3.04. The molecule has 0 aromatic carbocycles. The Bertz CT molecular complexity index is 461. The van der Waals surface area contributed by atoms with Gasteiger partial charge in [-0.1, -0.05) is 12.2 Å². The van der Waals surface area contributed by atoms with Gasteiger partial charge in [0.15, 0.2) is 5.76 Å². The number of likely N-dealkylation sites (tertiary alicyclic amines) is 1. The lowest BCUT2D eigenvalue weighted by molar-refractivity contribution is 0.0746. The highest BCUT2D eigenvalue weighted by Crippen LogP contribution is 2.33. The fraction of sp³-hybridized carbons (Fsp3) is 0.500. The molecule has 0 spiro atoms. The normalized spacial score (nSPS) is 26.2. The van der Waals surface area contributed by atoms with E-state index >= 15 is 0 Å². The Morgan fingerprint density at radius 3 is 2.50 bits per heavy atom. The molecule has 1 aliphatic carbocycles. The monoisotopic (exact) mass is 247 g/mol. The van der Waals surface area contributed by atoms with Gasteiger partial charge in [-0.25, -0.2) is 0 Å². The van der Waals surface area contributed by atoms with Gasteiger partial charge in [0.05, 0.1) is 7.11 Å². The predicted octanol–water partition coefficient (Wildman–Crippen LogP) is 2.33. The Balaban J connectivity index is 1.70. The zero-order chi connectivity index (χ0) is 12.5. The highest BCUT2D eigenvalue weighted by Gasteiger charge is 2.36. The summed E-state index contributed by atoms with van der Waals surface area (Å²) in [6.45, 7) is 1.69. The highest BCUT2D eigenvalue weighted by atomic mass is 16.6. The Kier molecular flexibility index (Phi) is 2.86. The highest BCUT2D eigenvalue weighted by molar-refractivity contribution is 5.91. The van der Waals surface area contributed by atoms with E-state index in [0.717, 1.165) is 25.9 Å². The van der Waals surface area contributed by atoms with E-state index in [2.05, 4.69) is 12.2 Å². The van der Waals surface area contributed by atoms with Crippen LogP contribution in [0.4, 0.5) is 0 Å². The Labute approximate surface area is 106 Å². The number of amides is 1. The summed E-state index contributed by atoms with van der Waals surface area (Å²) < 4.78 is 10.3. The quantitative estimate of drug-likeness (QED) is 0.753. The molecular weight excluding hydrogens is 230 g/mol. The van der Waals surface area contributed by atoms with Crippen LogP contribution < -0.4 is 4.74 Å². The topological polar surface area (TPSA) is 42.7 Å². The molecule has 4 nitrogen and oxygen atoms in total. The summed E-state index contributed by atoms with van der Waals surface area (Å²) in [5.41, 5.74) is 0. The number of hydrogen-bond donors (Lipinski definition) is 0. The second kappa shape index (κ2) is 4.52. The van der Waals surface area contributed by atoms with E-state index in [1.54, 1.807) is 12.1 Å². The summed E-state index contributed by atoms with van der Waals surface area (Å²) in [6.07, 6.45) is 6.64. The molecular formula is C14H17NO3. The summed E-state index contributed by atoms with van der Waals surface area (Å²) in [5.74, 6) is 1.98. The summed E-state index contributed by atoms with van der Waals surface area (Å²) in [6, 6.07) is 3.36. The first-order chi connectivity index (χ1) is 8.78. The molecule has 18 heavy (non-hydrogen) atoms. The third-order valence-electron chi connectivity index (χ3n) is 3.90. The minimum atomic E-state index is -0.0206. The first kappa shape index (κ1) is 11.4. The van der Waals surface area contributed by atoms with Gasteiger partial charge in [0.1, 0.15) is 0 Å². The van der Waals surface area contributed by atoms with Crippen molar-refractivity contribution in [3.05, 3.63) is 30.0 Å². The standard InChI is InChI=1S/C14H17NO3/c1-17-13-7-6-12(18-13)14(16)15-8-10-4-2-3-5-11(10)9-15/h2-3,6-7,10-11H,4-5,8-9H2,1H3/t10-,11+. The molecule has 1 aliphatic heterocycles. The van der Waals surface area contributed by atoms with Gasteiger partial charge in [0.25, 0.3) is 11.9 Å². The van der Waals surface area contributed by atoms with Crippen LogP contribution in [0.1, 0.15) is 23.4 Å². The van der Waals surface area contributed by atoms with E-state index in [1.165, 1.54) is 7.11 Å². The van der Waals surface area contributed by atoms with Crippen LogP contribution in [-0.2, 0) is 0 Å². The Hall–Kier alpha value is -1.71. The first-order valence-corrected chi connectivity index (χ1v) is 6.36. The van der Waals surface area contributed by atoms with Crippen LogP contribution in [0.3, 0.4) is 0 Å². The van der Waals surface area contributed by atoms with Gasteiger partial charge in [-0.15, -0.1) is 0 Å². The van der Waals surface area contributed by atoms with Crippen LogP contribution >= 0.6 is 0 Å². The van der Waals surface area contributed by atoms with E-state index in [9.17, 15) is 4.79 Å². The molecule has 2 aliphatic rings. The van der Waals surface area contributed by atoms with Gasteiger partial charge in [0, 0.05) is 19.2 Å². The molecule has 0 unspecified atom stereocenters. The molecule has 0 saturated carbocycles. The lowest BCUT2D eigenvalue weighted by Crippen LogP contribution is -2.28. The summed E-state index contributed by atoms with van der Waals surface area (Å²) in [5, 5.41) is 0. The lowest BCUT2D eigenvalue weighted by atomic mass is 9.86. The van der Waals surface area contributed by atoms with Crippen LogP contribution in [0.5, 0.6) is 5.95 Å². The van der Waals surface area contributed by atoms with E-state index in [4.69, 9.17) is 9.15 Å².